The molecule has 0 amide bonds. The van der Waals surface area contributed by atoms with Crippen LogP contribution in [0.15, 0.2) is 0 Å². The molecule has 3 rings (SSSR count). The third-order valence-corrected chi connectivity index (χ3v) is 3.76. The van der Waals surface area contributed by atoms with Crippen molar-refractivity contribution in [3.8, 4) is 0 Å². The van der Waals surface area contributed by atoms with Crippen molar-refractivity contribution in [2.75, 3.05) is 26.2 Å². The second-order valence-electron chi connectivity index (χ2n) is 4.54. The lowest BCUT2D eigenvalue weighted by Gasteiger charge is -2.29. The van der Waals surface area contributed by atoms with Gasteiger partial charge in [0.2, 0.25) is 0 Å². The van der Waals surface area contributed by atoms with Crippen LogP contribution < -0.4 is 5.73 Å². The Morgan fingerprint density at radius 2 is 2.36 bits per heavy atom. The first kappa shape index (κ1) is 9.09. The van der Waals surface area contributed by atoms with Crippen LogP contribution in [0.5, 0.6) is 0 Å². The second-order valence-corrected chi connectivity index (χ2v) is 4.54. The molecule has 0 bridgehead atoms. The minimum Gasteiger partial charge on any atom is -0.346 e. The van der Waals surface area contributed by atoms with Crippen molar-refractivity contribution >= 4 is 0 Å². The van der Waals surface area contributed by atoms with Crippen molar-refractivity contribution in [2.24, 2.45) is 5.73 Å². The standard InChI is InChI=1S/C10H18N2O2/c11-6-8-7-13-10(14-8)3-5-12-4-1-2-9(10)12/h8-9H,1-7,11H2. The molecule has 1 spiro atoms. The first-order chi connectivity index (χ1) is 6.84. The van der Waals surface area contributed by atoms with Gasteiger partial charge in [0.15, 0.2) is 5.79 Å². The molecule has 4 heteroatoms. The Morgan fingerprint density at radius 3 is 3.14 bits per heavy atom. The lowest BCUT2D eigenvalue weighted by atomic mass is 10.1. The molecule has 4 nitrogen and oxygen atoms in total. The molecule has 0 aromatic heterocycles. The van der Waals surface area contributed by atoms with E-state index >= 15 is 0 Å². The Balaban J connectivity index is 1.78. The fourth-order valence-electron chi connectivity index (χ4n) is 3.06. The van der Waals surface area contributed by atoms with Gasteiger partial charge in [-0.3, -0.25) is 4.90 Å². The minimum absolute atomic E-state index is 0.121. The number of rotatable bonds is 1. The van der Waals surface area contributed by atoms with Crippen molar-refractivity contribution in [2.45, 2.75) is 37.2 Å². The molecule has 3 saturated heterocycles. The Hall–Kier alpha value is -0.160. The summed E-state index contributed by atoms with van der Waals surface area (Å²) in [4.78, 5) is 2.50. The molecule has 14 heavy (non-hydrogen) atoms. The minimum atomic E-state index is -0.291. The average molecular weight is 198 g/mol. The van der Waals surface area contributed by atoms with Gasteiger partial charge in [0.25, 0.3) is 0 Å². The molecule has 80 valence electrons. The van der Waals surface area contributed by atoms with Crippen LogP contribution in [0.1, 0.15) is 19.3 Å². The zero-order chi connectivity index (χ0) is 9.60. The molecule has 3 unspecified atom stereocenters. The molecule has 3 heterocycles. The summed E-state index contributed by atoms with van der Waals surface area (Å²) < 4.78 is 11.9. The SMILES string of the molecule is NCC1COC2(CCN3CCCC32)O1. The number of ether oxygens (including phenoxy) is 2. The number of hydrogen-bond donors (Lipinski definition) is 1. The van der Waals surface area contributed by atoms with Gasteiger partial charge in [-0.05, 0) is 19.4 Å². The molecule has 0 aromatic rings. The summed E-state index contributed by atoms with van der Waals surface area (Å²) in [6.07, 6.45) is 3.65. The number of hydrogen-bond acceptors (Lipinski definition) is 4. The molecule has 3 fully saturated rings. The van der Waals surface area contributed by atoms with Crippen molar-refractivity contribution in [1.29, 1.82) is 0 Å². The van der Waals surface area contributed by atoms with Crippen molar-refractivity contribution in [3.05, 3.63) is 0 Å². The van der Waals surface area contributed by atoms with Crippen molar-refractivity contribution < 1.29 is 9.47 Å². The van der Waals surface area contributed by atoms with E-state index in [1.807, 2.05) is 0 Å². The highest BCUT2D eigenvalue weighted by atomic mass is 16.7. The molecule has 3 atom stereocenters. The molecule has 0 aromatic carbocycles. The van der Waals surface area contributed by atoms with E-state index in [1.54, 1.807) is 0 Å². The molecule has 3 aliphatic heterocycles. The van der Waals surface area contributed by atoms with E-state index in [0.29, 0.717) is 19.2 Å². The van der Waals surface area contributed by atoms with E-state index < -0.39 is 0 Å². The quantitative estimate of drug-likeness (QED) is 0.640. The van der Waals surface area contributed by atoms with E-state index in [0.717, 1.165) is 13.0 Å². The van der Waals surface area contributed by atoms with E-state index in [-0.39, 0.29) is 11.9 Å². The summed E-state index contributed by atoms with van der Waals surface area (Å²) in [6, 6.07) is 0.499. The van der Waals surface area contributed by atoms with Gasteiger partial charge in [-0.25, -0.2) is 0 Å². The summed E-state index contributed by atoms with van der Waals surface area (Å²) in [5.74, 6) is -0.291. The maximum Gasteiger partial charge on any atom is 0.185 e. The molecular weight excluding hydrogens is 180 g/mol. The first-order valence-electron chi connectivity index (χ1n) is 5.60. The zero-order valence-electron chi connectivity index (χ0n) is 8.45. The van der Waals surface area contributed by atoms with E-state index in [9.17, 15) is 0 Å². The van der Waals surface area contributed by atoms with Crippen LogP contribution in [-0.2, 0) is 9.47 Å². The summed E-state index contributed by atoms with van der Waals surface area (Å²) in [5, 5.41) is 0. The van der Waals surface area contributed by atoms with Crippen LogP contribution in [0.2, 0.25) is 0 Å². The smallest absolute Gasteiger partial charge is 0.185 e. The van der Waals surface area contributed by atoms with Crippen LogP contribution >= 0.6 is 0 Å². The summed E-state index contributed by atoms with van der Waals surface area (Å²) in [5.41, 5.74) is 5.60. The Labute approximate surface area is 84.3 Å². The highest BCUT2D eigenvalue weighted by Gasteiger charge is 2.55. The van der Waals surface area contributed by atoms with Gasteiger partial charge in [-0.2, -0.15) is 0 Å². The Bertz CT molecular complexity index is 236. The van der Waals surface area contributed by atoms with Gasteiger partial charge >= 0.3 is 0 Å². The third-order valence-electron chi connectivity index (χ3n) is 3.76. The predicted molar refractivity (Wildman–Crippen MR) is 51.8 cm³/mol. The zero-order valence-corrected chi connectivity index (χ0v) is 8.45. The molecule has 0 radical (unpaired) electrons. The van der Waals surface area contributed by atoms with E-state index in [1.165, 1.54) is 19.4 Å². The largest absolute Gasteiger partial charge is 0.346 e. The van der Waals surface area contributed by atoms with Gasteiger partial charge in [0.05, 0.1) is 18.8 Å². The summed E-state index contributed by atoms with van der Waals surface area (Å²) in [7, 11) is 0. The lowest BCUT2D eigenvalue weighted by molar-refractivity contribution is -0.178. The summed E-state index contributed by atoms with van der Waals surface area (Å²) in [6.45, 7) is 3.60. The van der Waals surface area contributed by atoms with Gasteiger partial charge in [0.1, 0.15) is 0 Å². The van der Waals surface area contributed by atoms with Gasteiger partial charge < -0.3 is 15.2 Å². The van der Waals surface area contributed by atoms with E-state index in [2.05, 4.69) is 4.90 Å². The maximum absolute atomic E-state index is 5.98. The Morgan fingerprint density at radius 1 is 1.43 bits per heavy atom. The normalized spacial score (nSPS) is 47.8. The summed E-state index contributed by atoms with van der Waals surface area (Å²) >= 11 is 0. The maximum atomic E-state index is 5.98. The monoisotopic (exact) mass is 198 g/mol. The fraction of sp³-hybridized carbons (Fsp3) is 1.00. The number of nitrogens with zero attached hydrogens (tertiary/aromatic N) is 1. The van der Waals surface area contributed by atoms with Gasteiger partial charge in [-0.15, -0.1) is 0 Å². The molecule has 3 aliphatic rings. The van der Waals surface area contributed by atoms with Crippen LogP contribution in [0.4, 0.5) is 0 Å². The van der Waals surface area contributed by atoms with Crippen LogP contribution in [-0.4, -0.2) is 49.1 Å². The topological polar surface area (TPSA) is 47.7 Å². The van der Waals surface area contributed by atoms with Gasteiger partial charge in [-0.1, -0.05) is 0 Å². The average Bonchev–Trinajstić information content (AvgIpc) is 2.88. The molecule has 0 aliphatic carbocycles. The second kappa shape index (κ2) is 3.17. The number of nitrogens with two attached hydrogens (primary N) is 1. The molecule has 0 saturated carbocycles. The first-order valence-corrected chi connectivity index (χ1v) is 5.60. The predicted octanol–water partition coefficient (Wildman–Crippen LogP) is -0.0751. The van der Waals surface area contributed by atoms with Gasteiger partial charge in [0, 0.05) is 19.5 Å². The number of fused-ring (bicyclic) bond motifs is 2. The van der Waals surface area contributed by atoms with Crippen LogP contribution in [0.3, 0.4) is 0 Å². The fourth-order valence-corrected chi connectivity index (χ4v) is 3.06. The lowest BCUT2D eigenvalue weighted by Crippen LogP contribution is -2.43. The van der Waals surface area contributed by atoms with Crippen molar-refractivity contribution in [1.82, 2.24) is 4.90 Å². The third kappa shape index (κ3) is 1.15. The van der Waals surface area contributed by atoms with Crippen LogP contribution in [0.25, 0.3) is 0 Å². The highest BCUT2D eigenvalue weighted by molar-refractivity contribution is 5.01. The molecular formula is C10H18N2O2. The van der Waals surface area contributed by atoms with E-state index in [4.69, 9.17) is 15.2 Å². The Kier molecular flexibility index (Phi) is 2.06. The molecule has 2 N–H and O–H groups in total. The highest BCUT2D eigenvalue weighted by Crippen LogP contribution is 2.42. The van der Waals surface area contributed by atoms with Crippen LogP contribution in [0, 0.1) is 0 Å². The van der Waals surface area contributed by atoms with Crippen molar-refractivity contribution in [3.63, 3.8) is 0 Å².